The van der Waals surface area contributed by atoms with Gasteiger partial charge in [-0.3, -0.25) is 0 Å². The van der Waals surface area contributed by atoms with Crippen LogP contribution in [0.5, 0.6) is 5.75 Å². The number of benzene rings is 1. The van der Waals surface area contributed by atoms with Gasteiger partial charge in [0.2, 0.25) is 5.76 Å². The highest BCUT2D eigenvalue weighted by molar-refractivity contribution is 6.06. The normalized spacial score (nSPS) is 16.4. The number of carbonyl (C=O) groups is 2. The molecule has 160 valence electrons. The molecule has 0 unspecified atom stereocenters. The highest BCUT2D eigenvalue weighted by Gasteiger charge is 2.36. The first-order valence-electron chi connectivity index (χ1n) is 10.1. The van der Waals surface area contributed by atoms with Crippen LogP contribution in [0.15, 0.2) is 27.7 Å². The SMILES string of the molecule is Cc1ccc(C(C)C)c(OC(=O)c2oc3c(c2C)/C(=N\NC(N)=O)CC(C)(C)C3)c1. The number of ether oxygens (including phenoxy) is 1. The lowest BCUT2D eigenvalue weighted by Gasteiger charge is -2.29. The minimum atomic E-state index is -0.742. The molecule has 3 N–H and O–H groups in total. The van der Waals surface area contributed by atoms with E-state index in [4.69, 9.17) is 14.9 Å². The van der Waals surface area contributed by atoms with Crippen LogP contribution in [0.1, 0.15) is 78.6 Å². The van der Waals surface area contributed by atoms with Crippen LogP contribution in [0.25, 0.3) is 0 Å². The van der Waals surface area contributed by atoms with E-state index in [1.54, 1.807) is 6.92 Å². The number of furan rings is 1. The van der Waals surface area contributed by atoms with E-state index >= 15 is 0 Å². The minimum absolute atomic E-state index is 0.141. The lowest BCUT2D eigenvalue weighted by atomic mass is 9.75. The molecule has 0 saturated carbocycles. The number of esters is 1. The fourth-order valence-corrected chi connectivity index (χ4v) is 3.88. The van der Waals surface area contributed by atoms with E-state index in [1.165, 1.54) is 0 Å². The molecule has 0 spiro atoms. The van der Waals surface area contributed by atoms with Crippen LogP contribution in [-0.2, 0) is 6.42 Å². The number of rotatable bonds is 4. The maximum absolute atomic E-state index is 13.0. The van der Waals surface area contributed by atoms with Crippen molar-refractivity contribution < 1.29 is 18.7 Å². The first-order chi connectivity index (χ1) is 14.0. The molecule has 0 aliphatic heterocycles. The molecule has 1 aliphatic carbocycles. The lowest BCUT2D eigenvalue weighted by molar-refractivity contribution is 0.0695. The van der Waals surface area contributed by atoms with Gasteiger partial charge in [-0.2, -0.15) is 5.10 Å². The summed E-state index contributed by atoms with van der Waals surface area (Å²) in [5.41, 5.74) is 11.3. The fraction of sp³-hybridized carbons (Fsp3) is 0.435. The molecule has 7 nitrogen and oxygen atoms in total. The number of hydrazone groups is 1. The molecule has 1 heterocycles. The summed E-state index contributed by atoms with van der Waals surface area (Å²) < 4.78 is 11.7. The highest BCUT2D eigenvalue weighted by Crippen LogP contribution is 2.39. The van der Waals surface area contributed by atoms with Crippen molar-refractivity contribution in [3.8, 4) is 5.75 Å². The number of carbonyl (C=O) groups excluding carboxylic acids is 2. The summed E-state index contributed by atoms with van der Waals surface area (Å²) in [5, 5.41) is 4.17. The number of amides is 2. The third-order valence-electron chi connectivity index (χ3n) is 5.27. The first-order valence-corrected chi connectivity index (χ1v) is 10.1. The van der Waals surface area contributed by atoms with Crippen molar-refractivity contribution in [2.45, 2.75) is 60.3 Å². The van der Waals surface area contributed by atoms with E-state index in [0.29, 0.717) is 35.6 Å². The van der Waals surface area contributed by atoms with E-state index < -0.39 is 12.0 Å². The Kier molecular flexibility index (Phi) is 5.74. The number of nitrogens with one attached hydrogen (secondary N) is 1. The van der Waals surface area contributed by atoms with Crippen LogP contribution >= 0.6 is 0 Å². The zero-order chi connectivity index (χ0) is 22.2. The minimum Gasteiger partial charge on any atom is -0.453 e. The number of urea groups is 1. The molecule has 1 aromatic heterocycles. The number of nitrogens with zero attached hydrogens (tertiary/aromatic N) is 1. The van der Waals surface area contributed by atoms with Crippen LogP contribution in [0.4, 0.5) is 4.79 Å². The number of fused-ring (bicyclic) bond motifs is 1. The molecule has 0 saturated heterocycles. The van der Waals surface area contributed by atoms with Crippen LogP contribution in [0.2, 0.25) is 0 Å². The quantitative estimate of drug-likeness (QED) is 0.436. The number of hydrogen-bond donors (Lipinski definition) is 2. The van der Waals surface area contributed by atoms with Crippen LogP contribution in [-0.4, -0.2) is 17.7 Å². The number of nitrogens with two attached hydrogens (primary N) is 1. The Bertz CT molecular complexity index is 1030. The van der Waals surface area contributed by atoms with Gasteiger partial charge in [0, 0.05) is 17.5 Å². The van der Waals surface area contributed by atoms with Crippen LogP contribution in [0, 0.1) is 19.3 Å². The second kappa shape index (κ2) is 7.97. The Morgan fingerprint density at radius 1 is 1.23 bits per heavy atom. The number of primary amides is 1. The molecular formula is C23H29N3O4. The second-order valence-electron chi connectivity index (χ2n) is 8.99. The van der Waals surface area contributed by atoms with Gasteiger partial charge in [-0.1, -0.05) is 39.8 Å². The molecule has 0 radical (unpaired) electrons. The zero-order valence-corrected chi connectivity index (χ0v) is 18.4. The van der Waals surface area contributed by atoms with Gasteiger partial charge in [-0.25, -0.2) is 15.0 Å². The lowest BCUT2D eigenvalue weighted by Crippen LogP contribution is -2.31. The van der Waals surface area contributed by atoms with Gasteiger partial charge in [0.15, 0.2) is 0 Å². The Morgan fingerprint density at radius 2 is 1.93 bits per heavy atom. The third-order valence-corrected chi connectivity index (χ3v) is 5.27. The molecule has 0 fully saturated rings. The Morgan fingerprint density at radius 3 is 2.57 bits per heavy atom. The largest absolute Gasteiger partial charge is 0.453 e. The van der Waals surface area contributed by atoms with E-state index in [2.05, 4.69) is 38.2 Å². The molecule has 0 bridgehead atoms. The summed E-state index contributed by atoms with van der Waals surface area (Å²) in [6, 6.07) is 5.10. The van der Waals surface area contributed by atoms with Gasteiger partial charge in [0.1, 0.15) is 11.5 Å². The van der Waals surface area contributed by atoms with Crippen molar-refractivity contribution in [1.29, 1.82) is 0 Å². The smallest absolute Gasteiger partial charge is 0.379 e. The fourth-order valence-electron chi connectivity index (χ4n) is 3.88. The van der Waals surface area contributed by atoms with Crippen LogP contribution in [0.3, 0.4) is 0 Å². The molecular weight excluding hydrogens is 382 g/mol. The standard InChI is InChI=1S/C23H29N3O4/c1-12(2)15-8-7-13(3)9-17(15)30-21(27)20-14(4)19-16(25-26-22(24)28)10-23(5,6)11-18(19)29-20/h7-9,12H,10-11H2,1-6H3,(H3,24,26,28)/b25-16-. The van der Waals surface area contributed by atoms with Gasteiger partial charge in [0.05, 0.1) is 5.71 Å². The van der Waals surface area contributed by atoms with Crippen molar-refractivity contribution >= 4 is 17.7 Å². The molecule has 2 aromatic rings. The van der Waals surface area contributed by atoms with Crippen molar-refractivity contribution in [1.82, 2.24) is 5.43 Å². The van der Waals surface area contributed by atoms with Gasteiger partial charge in [0.25, 0.3) is 0 Å². The summed E-state index contributed by atoms with van der Waals surface area (Å²) in [4.78, 5) is 24.2. The van der Waals surface area contributed by atoms with Crippen molar-refractivity contribution in [2.24, 2.45) is 16.3 Å². The van der Waals surface area contributed by atoms with Crippen molar-refractivity contribution in [3.63, 3.8) is 0 Å². The Labute approximate surface area is 176 Å². The van der Waals surface area contributed by atoms with Crippen LogP contribution < -0.4 is 15.9 Å². The molecule has 1 aromatic carbocycles. The highest BCUT2D eigenvalue weighted by atomic mass is 16.5. The predicted molar refractivity (Wildman–Crippen MR) is 115 cm³/mol. The topological polar surface area (TPSA) is 107 Å². The second-order valence-corrected chi connectivity index (χ2v) is 8.99. The number of aryl methyl sites for hydroxylation is 1. The van der Waals surface area contributed by atoms with Gasteiger partial charge < -0.3 is 14.9 Å². The Hall–Kier alpha value is -3.09. The molecule has 2 amide bonds. The van der Waals surface area contributed by atoms with Crippen molar-refractivity contribution in [2.75, 3.05) is 0 Å². The maximum Gasteiger partial charge on any atom is 0.379 e. The summed E-state index contributed by atoms with van der Waals surface area (Å²) in [7, 11) is 0. The van der Waals surface area contributed by atoms with Gasteiger partial charge in [-0.05, 0) is 48.8 Å². The predicted octanol–water partition coefficient (Wildman–Crippen LogP) is 4.58. The average Bonchev–Trinajstić information content (AvgIpc) is 2.94. The van der Waals surface area contributed by atoms with E-state index in [0.717, 1.165) is 16.7 Å². The summed E-state index contributed by atoms with van der Waals surface area (Å²) in [6.07, 6.45) is 1.26. The summed E-state index contributed by atoms with van der Waals surface area (Å²) in [5.74, 6) is 1.01. The molecule has 1 aliphatic rings. The zero-order valence-electron chi connectivity index (χ0n) is 18.4. The monoisotopic (exact) mass is 411 g/mol. The third kappa shape index (κ3) is 4.40. The molecule has 0 atom stereocenters. The molecule has 7 heteroatoms. The van der Waals surface area contributed by atoms with Gasteiger partial charge >= 0.3 is 12.0 Å². The molecule has 30 heavy (non-hydrogen) atoms. The first kappa shape index (κ1) is 21.6. The Balaban J connectivity index is 2.00. The average molecular weight is 412 g/mol. The van der Waals surface area contributed by atoms with Gasteiger partial charge in [-0.15, -0.1) is 0 Å². The van der Waals surface area contributed by atoms with Crippen molar-refractivity contribution in [3.05, 3.63) is 52.0 Å². The molecule has 3 rings (SSSR count). The number of hydrogen-bond acceptors (Lipinski definition) is 5. The van der Waals surface area contributed by atoms with E-state index in [9.17, 15) is 9.59 Å². The van der Waals surface area contributed by atoms with E-state index in [1.807, 2.05) is 25.1 Å². The summed E-state index contributed by atoms with van der Waals surface area (Å²) in [6.45, 7) is 12.0. The maximum atomic E-state index is 13.0. The van der Waals surface area contributed by atoms with E-state index in [-0.39, 0.29) is 17.1 Å². The summed E-state index contributed by atoms with van der Waals surface area (Å²) >= 11 is 0.